The quantitative estimate of drug-likeness (QED) is 0.353. The number of anilines is 2. The van der Waals surface area contributed by atoms with Gasteiger partial charge >= 0.3 is 5.69 Å². The predicted octanol–water partition coefficient (Wildman–Crippen LogP) is 4.83. The number of fused-ring (bicyclic) bond motifs is 1. The number of halogens is 3. The third kappa shape index (κ3) is 5.22. The second kappa shape index (κ2) is 10.3. The lowest BCUT2D eigenvalue weighted by atomic mass is 9.87. The van der Waals surface area contributed by atoms with Crippen molar-refractivity contribution in [2.24, 2.45) is 18.9 Å². The summed E-state index contributed by atoms with van der Waals surface area (Å²) >= 11 is 6.49. The van der Waals surface area contributed by atoms with Crippen molar-refractivity contribution in [1.82, 2.24) is 29.5 Å². The van der Waals surface area contributed by atoms with Gasteiger partial charge in [0, 0.05) is 56.2 Å². The fourth-order valence-electron chi connectivity index (χ4n) is 5.07. The minimum Gasteiger partial charge on any atom is -0.357 e. The van der Waals surface area contributed by atoms with Crippen LogP contribution in [0.15, 0.2) is 47.7 Å². The Labute approximate surface area is 235 Å². The lowest BCUT2D eigenvalue weighted by Crippen LogP contribution is -2.52. The Balaban J connectivity index is 1.48. The molecule has 4 aromatic rings. The highest BCUT2D eigenvalue weighted by atomic mass is 35.5. The van der Waals surface area contributed by atoms with Crippen LogP contribution < -0.4 is 15.9 Å². The Kier molecular flexibility index (Phi) is 7.20. The fraction of sp³-hybridized carbons (Fsp3) is 0.429. The van der Waals surface area contributed by atoms with Crippen molar-refractivity contribution in [1.29, 1.82) is 0 Å². The monoisotopic (exact) mass is 568 g/mol. The maximum Gasteiger partial charge on any atom is 0.349 e. The Morgan fingerprint density at radius 2 is 1.77 bits per heavy atom. The molecular formula is C28H31ClF2N8O. The van der Waals surface area contributed by atoms with Crippen molar-refractivity contribution < 1.29 is 8.78 Å². The van der Waals surface area contributed by atoms with Gasteiger partial charge in [-0.1, -0.05) is 31.5 Å². The van der Waals surface area contributed by atoms with E-state index in [0.717, 1.165) is 10.9 Å². The molecule has 9 nitrogen and oxygen atoms in total. The Morgan fingerprint density at radius 3 is 2.45 bits per heavy atom. The molecule has 5 rings (SSSR count). The molecule has 0 spiro atoms. The maximum atomic E-state index is 14.4. The third-order valence-corrected chi connectivity index (χ3v) is 7.80. The van der Waals surface area contributed by atoms with E-state index in [9.17, 15) is 13.6 Å². The van der Waals surface area contributed by atoms with E-state index in [-0.39, 0.29) is 13.1 Å². The van der Waals surface area contributed by atoms with Crippen LogP contribution in [0.4, 0.5) is 20.5 Å². The molecule has 40 heavy (non-hydrogen) atoms. The molecule has 1 N–H and O–H groups in total. The number of nitrogens with one attached hydrogen (secondary N) is 1. The zero-order valence-corrected chi connectivity index (χ0v) is 23.7. The van der Waals surface area contributed by atoms with E-state index in [1.165, 1.54) is 10.8 Å². The second-order valence-electron chi connectivity index (χ2n) is 11.0. The Morgan fingerprint density at radius 1 is 1.10 bits per heavy atom. The number of aryl methyl sites for hydroxylation is 1. The highest BCUT2D eigenvalue weighted by Gasteiger charge is 2.47. The topological polar surface area (TPSA) is 102 Å². The number of rotatable bonds is 6. The molecule has 210 valence electrons. The summed E-state index contributed by atoms with van der Waals surface area (Å²) < 4.78 is 30.3. The van der Waals surface area contributed by atoms with Crippen molar-refractivity contribution in [3.05, 3.63) is 75.4 Å². The highest BCUT2D eigenvalue weighted by molar-refractivity contribution is 6.31. The van der Waals surface area contributed by atoms with Crippen molar-refractivity contribution in [3.8, 4) is 0 Å². The number of nitrogens with zero attached hydrogens (tertiary/aromatic N) is 7. The molecule has 3 aromatic heterocycles. The summed E-state index contributed by atoms with van der Waals surface area (Å²) in [6.45, 7) is 7.24. The van der Waals surface area contributed by atoms with Gasteiger partial charge in [-0.2, -0.15) is 4.98 Å². The van der Waals surface area contributed by atoms with Gasteiger partial charge in [0.15, 0.2) is 5.82 Å². The van der Waals surface area contributed by atoms with Gasteiger partial charge in [-0.15, -0.1) is 0 Å². The van der Waals surface area contributed by atoms with Crippen LogP contribution in [0, 0.1) is 11.8 Å². The molecule has 12 heteroatoms. The van der Waals surface area contributed by atoms with Crippen LogP contribution in [0.3, 0.4) is 0 Å². The Bertz CT molecular complexity index is 1600. The van der Waals surface area contributed by atoms with Gasteiger partial charge in [-0.25, -0.2) is 33.5 Å². The van der Waals surface area contributed by atoms with Crippen molar-refractivity contribution in [2.75, 3.05) is 23.3 Å². The number of piperidine rings is 1. The van der Waals surface area contributed by atoms with Crippen LogP contribution >= 0.6 is 11.6 Å². The largest absolute Gasteiger partial charge is 0.357 e. The van der Waals surface area contributed by atoms with Gasteiger partial charge in [0.25, 0.3) is 5.92 Å². The number of alkyl halides is 2. The number of hydrogen-bond donors (Lipinski definition) is 1. The second-order valence-corrected chi connectivity index (χ2v) is 11.4. The molecule has 0 unspecified atom stereocenters. The molecule has 0 radical (unpaired) electrons. The molecular weight excluding hydrogens is 538 g/mol. The third-order valence-electron chi connectivity index (χ3n) is 7.49. The number of aromatic nitrogens is 6. The standard InChI is InChI=1S/C28H31ClF2N8O/c1-16-14-39(15-17(2)28(16,30)31)25-34-13-20(29)21(35-25)12-18-7-8-22-19(11-18)23(36-26(40)38(22)5)37-27(3,4)24-32-9-6-10-33-24/h6-11,13,16-17H,12,14-15H2,1-5H3,(H,36,37,40)/t16-,17+. The first-order valence-electron chi connectivity index (χ1n) is 13.1. The summed E-state index contributed by atoms with van der Waals surface area (Å²) in [6.07, 6.45) is 5.21. The van der Waals surface area contributed by atoms with Crippen LogP contribution in [0.25, 0.3) is 10.9 Å². The van der Waals surface area contributed by atoms with Crippen LogP contribution in [-0.2, 0) is 19.0 Å². The highest BCUT2D eigenvalue weighted by Crippen LogP contribution is 2.38. The zero-order valence-electron chi connectivity index (χ0n) is 23.0. The number of benzene rings is 1. The van der Waals surface area contributed by atoms with Gasteiger partial charge in [-0.05, 0) is 37.6 Å². The van der Waals surface area contributed by atoms with E-state index in [2.05, 4.69) is 30.2 Å². The van der Waals surface area contributed by atoms with E-state index in [1.54, 1.807) is 44.3 Å². The van der Waals surface area contributed by atoms with Crippen molar-refractivity contribution in [3.63, 3.8) is 0 Å². The van der Waals surface area contributed by atoms with E-state index >= 15 is 0 Å². The molecule has 1 aliphatic rings. The van der Waals surface area contributed by atoms with Crippen LogP contribution in [0.2, 0.25) is 5.02 Å². The van der Waals surface area contributed by atoms with E-state index in [4.69, 9.17) is 11.6 Å². The van der Waals surface area contributed by atoms with E-state index in [0.29, 0.717) is 40.2 Å². The summed E-state index contributed by atoms with van der Waals surface area (Å²) in [4.78, 5) is 36.5. The van der Waals surface area contributed by atoms with E-state index in [1.807, 2.05) is 32.0 Å². The average molecular weight is 569 g/mol. The summed E-state index contributed by atoms with van der Waals surface area (Å²) in [5.74, 6) is -3.04. The van der Waals surface area contributed by atoms with Gasteiger partial charge in [0.05, 0.1) is 28.0 Å². The minimum atomic E-state index is -2.74. The molecule has 0 saturated carbocycles. The molecule has 1 saturated heterocycles. The fourth-order valence-corrected chi connectivity index (χ4v) is 5.23. The maximum absolute atomic E-state index is 14.4. The Hall–Kier alpha value is -3.73. The molecule has 1 aliphatic heterocycles. The smallest absolute Gasteiger partial charge is 0.349 e. The van der Waals surface area contributed by atoms with Gasteiger partial charge < -0.3 is 10.2 Å². The van der Waals surface area contributed by atoms with Crippen molar-refractivity contribution >= 4 is 34.3 Å². The first-order chi connectivity index (χ1) is 18.9. The summed E-state index contributed by atoms with van der Waals surface area (Å²) in [7, 11) is 1.67. The lowest BCUT2D eigenvalue weighted by molar-refractivity contribution is -0.105. The van der Waals surface area contributed by atoms with Crippen molar-refractivity contribution in [2.45, 2.75) is 45.6 Å². The first-order valence-corrected chi connectivity index (χ1v) is 13.4. The van der Waals surface area contributed by atoms with Gasteiger partial charge in [0.2, 0.25) is 5.95 Å². The first kappa shape index (κ1) is 27.8. The molecule has 0 bridgehead atoms. The van der Waals surface area contributed by atoms with E-state index < -0.39 is 29.0 Å². The van der Waals surface area contributed by atoms with Gasteiger partial charge in [0.1, 0.15) is 5.82 Å². The zero-order chi connectivity index (χ0) is 28.8. The van der Waals surface area contributed by atoms with Gasteiger partial charge in [-0.3, -0.25) is 4.57 Å². The predicted molar refractivity (Wildman–Crippen MR) is 151 cm³/mol. The molecule has 0 aliphatic carbocycles. The average Bonchev–Trinajstić information content (AvgIpc) is 2.92. The molecule has 0 amide bonds. The van der Waals surface area contributed by atoms with Crippen LogP contribution in [0.5, 0.6) is 0 Å². The molecule has 4 heterocycles. The summed E-state index contributed by atoms with van der Waals surface area (Å²) in [5.41, 5.74) is 1.04. The molecule has 2 atom stereocenters. The van der Waals surface area contributed by atoms with Crippen LogP contribution in [0.1, 0.15) is 44.8 Å². The number of hydrogen-bond acceptors (Lipinski definition) is 8. The lowest BCUT2D eigenvalue weighted by Gasteiger charge is -2.41. The van der Waals surface area contributed by atoms with Crippen LogP contribution in [-0.4, -0.2) is 48.5 Å². The normalized spacial score (nSPS) is 19.1. The molecule has 1 fully saturated rings. The minimum absolute atomic E-state index is 0.157. The summed E-state index contributed by atoms with van der Waals surface area (Å²) in [5, 5.41) is 4.46. The SMILES string of the molecule is C[C@@H]1CN(c2ncc(Cl)c(Cc3ccc4c(c3)c(NC(C)(C)c3ncccn3)nc(=O)n4C)n2)C[C@H](C)C1(F)F. The molecule has 1 aromatic carbocycles. The summed E-state index contributed by atoms with van der Waals surface area (Å²) in [6, 6.07) is 7.44.